The first-order chi connectivity index (χ1) is 11.5. The second-order valence-corrected chi connectivity index (χ2v) is 10.1. The van der Waals surface area contributed by atoms with Crippen LogP contribution in [-0.2, 0) is 21.1 Å². The Morgan fingerprint density at radius 3 is 2.83 bits per heavy atom. The molecule has 0 spiro atoms. The fourth-order valence-electron chi connectivity index (χ4n) is 3.45. The minimum Gasteiger partial charge on any atom is -0.330 e. The molecule has 0 unspecified atom stereocenters. The van der Waals surface area contributed by atoms with Crippen LogP contribution in [0.15, 0.2) is 40.4 Å². The van der Waals surface area contributed by atoms with Crippen LogP contribution in [0.3, 0.4) is 0 Å². The molecule has 4 heterocycles. The molecule has 2 atom stereocenters. The molecule has 2 aromatic heterocycles. The molecule has 7 heteroatoms. The van der Waals surface area contributed by atoms with E-state index in [4.69, 9.17) is 0 Å². The molecular weight excluding hydrogens is 362 g/mol. The number of allylic oxidation sites excluding steroid dienone is 1. The number of amides is 1. The lowest BCUT2D eigenvalue weighted by Gasteiger charge is -2.36. The molecule has 126 valence electrons. The zero-order valence-corrected chi connectivity index (χ0v) is 15.4. The standard InChI is InChI=1S/C17H17NO3S3/c19-16(10-12-5-9-24(20,21)11-12)18-6-3-14-13(4-8-23-14)17(18)15-2-1-7-22-15/h1-2,4-5,7-9,12,17H,3,6,10-11H2/t12-,17+/m1/s1. The van der Waals surface area contributed by atoms with Crippen molar-refractivity contribution >= 4 is 38.4 Å². The third kappa shape index (κ3) is 2.96. The van der Waals surface area contributed by atoms with E-state index in [9.17, 15) is 13.2 Å². The lowest BCUT2D eigenvalue weighted by atomic mass is 9.97. The van der Waals surface area contributed by atoms with Crippen molar-refractivity contribution in [1.29, 1.82) is 0 Å². The molecule has 0 aliphatic carbocycles. The molecule has 2 aliphatic rings. The molecule has 0 aromatic carbocycles. The fraction of sp³-hybridized carbons (Fsp3) is 0.353. The molecule has 0 saturated heterocycles. The quantitative estimate of drug-likeness (QED) is 0.823. The summed E-state index contributed by atoms with van der Waals surface area (Å²) in [6, 6.07) is 6.16. The molecule has 4 rings (SSSR count). The van der Waals surface area contributed by atoms with Crippen LogP contribution in [0.25, 0.3) is 0 Å². The summed E-state index contributed by atoms with van der Waals surface area (Å²) in [5.41, 5.74) is 1.22. The number of rotatable bonds is 3. The van der Waals surface area contributed by atoms with Gasteiger partial charge in [-0.15, -0.1) is 22.7 Å². The Hall–Kier alpha value is -1.44. The molecule has 0 saturated carbocycles. The van der Waals surface area contributed by atoms with Crippen molar-refractivity contribution in [3.05, 3.63) is 55.8 Å². The third-order valence-corrected chi connectivity index (χ3v) is 7.93. The Balaban J connectivity index is 1.60. The number of carbonyl (C=O) groups excluding carboxylic acids is 1. The second kappa shape index (κ2) is 6.13. The van der Waals surface area contributed by atoms with Crippen molar-refractivity contribution in [2.24, 2.45) is 5.92 Å². The summed E-state index contributed by atoms with van der Waals surface area (Å²) in [4.78, 5) is 17.3. The van der Waals surface area contributed by atoms with Crippen molar-refractivity contribution in [2.75, 3.05) is 12.3 Å². The van der Waals surface area contributed by atoms with Crippen LogP contribution in [-0.4, -0.2) is 31.5 Å². The molecule has 1 amide bonds. The Bertz CT molecular complexity index is 880. The van der Waals surface area contributed by atoms with Crippen molar-refractivity contribution in [1.82, 2.24) is 4.90 Å². The number of sulfone groups is 1. The van der Waals surface area contributed by atoms with Crippen LogP contribution in [0.1, 0.15) is 27.8 Å². The van der Waals surface area contributed by atoms with E-state index in [1.165, 1.54) is 15.8 Å². The van der Waals surface area contributed by atoms with Gasteiger partial charge >= 0.3 is 0 Å². The van der Waals surface area contributed by atoms with E-state index < -0.39 is 9.84 Å². The van der Waals surface area contributed by atoms with E-state index >= 15 is 0 Å². The van der Waals surface area contributed by atoms with Gasteiger partial charge in [0.2, 0.25) is 5.91 Å². The Morgan fingerprint density at radius 1 is 1.25 bits per heavy atom. The molecule has 0 N–H and O–H groups in total. The van der Waals surface area contributed by atoms with Crippen LogP contribution < -0.4 is 0 Å². The number of fused-ring (bicyclic) bond motifs is 1. The van der Waals surface area contributed by atoms with Gasteiger partial charge in [0, 0.05) is 34.0 Å². The summed E-state index contributed by atoms with van der Waals surface area (Å²) in [7, 11) is -3.12. The summed E-state index contributed by atoms with van der Waals surface area (Å²) in [6.07, 6.45) is 2.80. The molecule has 2 aliphatic heterocycles. The summed E-state index contributed by atoms with van der Waals surface area (Å²) in [5, 5.41) is 5.37. The van der Waals surface area contributed by atoms with E-state index in [0.29, 0.717) is 6.54 Å². The van der Waals surface area contributed by atoms with Gasteiger partial charge in [0.05, 0.1) is 11.8 Å². The van der Waals surface area contributed by atoms with E-state index in [2.05, 4.69) is 17.5 Å². The predicted molar refractivity (Wildman–Crippen MR) is 96.9 cm³/mol. The largest absolute Gasteiger partial charge is 0.330 e. The summed E-state index contributed by atoms with van der Waals surface area (Å²) >= 11 is 3.41. The van der Waals surface area contributed by atoms with Gasteiger partial charge < -0.3 is 4.90 Å². The Morgan fingerprint density at radius 2 is 2.12 bits per heavy atom. The minimum atomic E-state index is -3.12. The smallest absolute Gasteiger partial charge is 0.224 e. The maximum absolute atomic E-state index is 12.9. The minimum absolute atomic E-state index is 0.0329. The van der Waals surface area contributed by atoms with Crippen molar-refractivity contribution < 1.29 is 13.2 Å². The first kappa shape index (κ1) is 16.1. The van der Waals surface area contributed by atoms with Crippen LogP contribution in [0, 0.1) is 5.92 Å². The van der Waals surface area contributed by atoms with Gasteiger partial charge in [-0.2, -0.15) is 0 Å². The maximum Gasteiger partial charge on any atom is 0.224 e. The van der Waals surface area contributed by atoms with Crippen molar-refractivity contribution in [3.8, 4) is 0 Å². The molecule has 0 radical (unpaired) electrons. The predicted octanol–water partition coefficient (Wildman–Crippen LogP) is 3.23. The van der Waals surface area contributed by atoms with Gasteiger partial charge in [-0.1, -0.05) is 12.1 Å². The SMILES string of the molecule is O=C(C[C@H]1C=CS(=O)(=O)C1)N1CCc2sccc2[C@H]1c1cccs1. The number of carbonyl (C=O) groups is 1. The highest BCUT2D eigenvalue weighted by molar-refractivity contribution is 7.94. The van der Waals surface area contributed by atoms with Gasteiger partial charge in [-0.05, 0) is 34.9 Å². The topological polar surface area (TPSA) is 54.5 Å². The van der Waals surface area contributed by atoms with Crippen molar-refractivity contribution in [2.45, 2.75) is 18.9 Å². The van der Waals surface area contributed by atoms with Gasteiger partial charge in [-0.25, -0.2) is 8.42 Å². The first-order valence-electron chi connectivity index (χ1n) is 7.83. The van der Waals surface area contributed by atoms with E-state index in [0.717, 1.165) is 11.3 Å². The lowest BCUT2D eigenvalue weighted by molar-refractivity contribution is -0.133. The summed E-state index contributed by atoms with van der Waals surface area (Å²) in [6.45, 7) is 0.693. The average molecular weight is 380 g/mol. The van der Waals surface area contributed by atoms with Gasteiger partial charge in [0.1, 0.15) is 0 Å². The normalized spacial score (nSPS) is 24.9. The third-order valence-electron chi connectivity index (χ3n) is 4.54. The first-order valence-corrected chi connectivity index (χ1v) is 11.3. The molecule has 0 fully saturated rings. The number of thiophene rings is 2. The van der Waals surface area contributed by atoms with Crippen LogP contribution in [0.2, 0.25) is 0 Å². The molecule has 2 aromatic rings. The van der Waals surface area contributed by atoms with Crippen molar-refractivity contribution in [3.63, 3.8) is 0 Å². The van der Waals surface area contributed by atoms with Crippen LogP contribution in [0.4, 0.5) is 0 Å². The zero-order chi connectivity index (χ0) is 16.7. The monoisotopic (exact) mass is 379 g/mol. The average Bonchev–Trinajstić information content (AvgIpc) is 3.26. The molecule has 0 bridgehead atoms. The van der Waals surface area contributed by atoms with Gasteiger partial charge in [0.15, 0.2) is 9.84 Å². The Kier molecular flexibility index (Phi) is 4.10. The van der Waals surface area contributed by atoms with E-state index in [1.807, 2.05) is 16.3 Å². The maximum atomic E-state index is 12.9. The highest BCUT2D eigenvalue weighted by Crippen LogP contribution is 2.40. The fourth-order valence-corrected chi connectivity index (χ4v) is 6.60. The van der Waals surface area contributed by atoms with Crippen LogP contribution >= 0.6 is 22.7 Å². The van der Waals surface area contributed by atoms with Crippen LogP contribution in [0.5, 0.6) is 0 Å². The number of nitrogens with zero attached hydrogens (tertiary/aromatic N) is 1. The second-order valence-electron chi connectivity index (χ2n) is 6.18. The molecule has 4 nitrogen and oxygen atoms in total. The molecule has 24 heavy (non-hydrogen) atoms. The van der Waals surface area contributed by atoms with Gasteiger partial charge in [0.25, 0.3) is 0 Å². The van der Waals surface area contributed by atoms with Gasteiger partial charge in [-0.3, -0.25) is 4.79 Å². The lowest BCUT2D eigenvalue weighted by Crippen LogP contribution is -2.40. The Labute approximate surface area is 149 Å². The summed E-state index contributed by atoms with van der Waals surface area (Å²) < 4.78 is 23.1. The summed E-state index contributed by atoms with van der Waals surface area (Å²) in [5.74, 6) is -0.104. The number of hydrogen-bond acceptors (Lipinski definition) is 5. The number of hydrogen-bond donors (Lipinski definition) is 0. The zero-order valence-electron chi connectivity index (χ0n) is 12.9. The van der Waals surface area contributed by atoms with E-state index in [-0.39, 0.29) is 30.0 Å². The highest BCUT2D eigenvalue weighted by atomic mass is 32.2. The molecular formula is C17H17NO3S3. The van der Waals surface area contributed by atoms with E-state index in [1.54, 1.807) is 28.7 Å². The highest BCUT2D eigenvalue weighted by Gasteiger charge is 2.35.